The van der Waals surface area contributed by atoms with Gasteiger partial charge in [0.15, 0.2) is 12.0 Å². The normalized spacial score (nSPS) is 18.8. The lowest BCUT2D eigenvalue weighted by Gasteiger charge is -2.08. The maximum Gasteiger partial charge on any atom is 0.256 e. The van der Waals surface area contributed by atoms with Gasteiger partial charge in [-0.1, -0.05) is 6.07 Å². The fourth-order valence-corrected chi connectivity index (χ4v) is 1.87. The fourth-order valence-electron chi connectivity index (χ4n) is 1.87. The minimum Gasteiger partial charge on any atom is -0.354 e. The molecule has 0 bridgehead atoms. The molecule has 18 heavy (non-hydrogen) atoms. The zero-order valence-corrected chi connectivity index (χ0v) is 10.6. The Balaban J connectivity index is 2.30. The Labute approximate surface area is 105 Å². The van der Waals surface area contributed by atoms with E-state index in [0.29, 0.717) is 11.5 Å². The Morgan fingerprint density at radius 2 is 2.17 bits per heavy atom. The first-order valence-electron chi connectivity index (χ1n) is 5.88. The number of guanidine groups is 1. The molecule has 1 unspecified atom stereocenters. The Kier molecular flexibility index (Phi) is 3.32. The molecule has 1 aromatic rings. The number of halogens is 1. The molecule has 1 aliphatic heterocycles. The highest BCUT2D eigenvalue weighted by molar-refractivity contribution is 6.05. The highest BCUT2D eigenvalue weighted by Gasteiger charge is 2.29. The quantitative estimate of drug-likeness (QED) is 0.837. The summed E-state index contributed by atoms with van der Waals surface area (Å²) < 4.78 is 13.2. The number of carbonyl (C=O) groups excluding carboxylic acids is 1. The number of nitrogens with one attached hydrogen (secondary N) is 2. The molecule has 4 nitrogen and oxygen atoms in total. The van der Waals surface area contributed by atoms with Gasteiger partial charge in [0.1, 0.15) is 5.82 Å². The van der Waals surface area contributed by atoms with Crippen molar-refractivity contribution in [2.45, 2.75) is 32.9 Å². The third-order valence-electron chi connectivity index (χ3n) is 2.71. The van der Waals surface area contributed by atoms with Gasteiger partial charge in [0.05, 0.1) is 0 Å². The van der Waals surface area contributed by atoms with Gasteiger partial charge in [-0.15, -0.1) is 0 Å². The molecule has 2 rings (SSSR count). The van der Waals surface area contributed by atoms with Crippen molar-refractivity contribution in [1.29, 1.82) is 0 Å². The first kappa shape index (κ1) is 12.5. The Morgan fingerprint density at radius 3 is 2.83 bits per heavy atom. The van der Waals surface area contributed by atoms with Crippen LogP contribution < -0.4 is 10.6 Å². The van der Waals surface area contributed by atoms with Gasteiger partial charge in [-0.05, 0) is 44.0 Å². The fraction of sp³-hybridized carbons (Fsp3) is 0.385. The Morgan fingerprint density at radius 1 is 1.44 bits per heavy atom. The minimum atomic E-state index is -0.665. The van der Waals surface area contributed by atoms with Gasteiger partial charge >= 0.3 is 0 Å². The number of aliphatic imine (C=N–C) groups is 1. The summed E-state index contributed by atoms with van der Waals surface area (Å²) in [5.41, 5.74) is 1.46. The second-order valence-corrected chi connectivity index (χ2v) is 4.67. The smallest absolute Gasteiger partial charge is 0.256 e. The van der Waals surface area contributed by atoms with Gasteiger partial charge < -0.3 is 5.32 Å². The molecule has 0 saturated carbocycles. The maximum absolute atomic E-state index is 13.2. The molecule has 2 N–H and O–H groups in total. The summed E-state index contributed by atoms with van der Waals surface area (Å²) in [6, 6.07) is 3.91. The van der Waals surface area contributed by atoms with Crippen molar-refractivity contribution < 1.29 is 9.18 Å². The zero-order valence-electron chi connectivity index (χ0n) is 10.6. The predicted octanol–water partition coefficient (Wildman–Crippen LogP) is 1.66. The van der Waals surface area contributed by atoms with E-state index >= 15 is 0 Å². The first-order chi connectivity index (χ1) is 8.47. The minimum absolute atomic E-state index is 0.177. The second-order valence-electron chi connectivity index (χ2n) is 4.67. The van der Waals surface area contributed by atoms with E-state index in [9.17, 15) is 9.18 Å². The number of carbonyl (C=O) groups is 1. The van der Waals surface area contributed by atoms with E-state index in [-0.39, 0.29) is 17.8 Å². The van der Waals surface area contributed by atoms with Crippen LogP contribution in [-0.4, -0.2) is 17.9 Å². The molecule has 0 fully saturated rings. The molecule has 1 aliphatic rings. The molecule has 1 atom stereocenters. The van der Waals surface area contributed by atoms with E-state index in [1.165, 1.54) is 12.1 Å². The van der Waals surface area contributed by atoms with Crippen molar-refractivity contribution in [2.75, 3.05) is 0 Å². The molecular weight excluding hydrogens is 233 g/mol. The number of amides is 1. The van der Waals surface area contributed by atoms with Crippen LogP contribution >= 0.6 is 0 Å². The number of aryl methyl sites for hydroxylation is 1. The van der Waals surface area contributed by atoms with Crippen molar-refractivity contribution in [3.05, 3.63) is 35.1 Å². The van der Waals surface area contributed by atoms with E-state index in [1.807, 2.05) is 20.8 Å². The van der Waals surface area contributed by atoms with Crippen molar-refractivity contribution in [2.24, 2.45) is 4.99 Å². The summed E-state index contributed by atoms with van der Waals surface area (Å²) in [5.74, 6) is -0.139. The summed E-state index contributed by atoms with van der Waals surface area (Å²) >= 11 is 0. The van der Waals surface area contributed by atoms with Crippen LogP contribution in [0.4, 0.5) is 4.39 Å². The maximum atomic E-state index is 13.2. The summed E-state index contributed by atoms with van der Waals surface area (Å²) in [6.45, 7) is 5.75. The monoisotopic (exact) mass is 249 g/mol. The SMILES string of the molecule is Cc1ccc(F)cc1C1N=C(NC(C)C)NC1=O. The highest BCUT2D eigenvalue weighted by atomic mass is 19.1. The van der Waals surface area contributed by atoms with Crippen molar-refractivity contribution in [1.82, 2.24) is 10.6 Å². The van der Waals surface area contributed by atoms with Crippen LogP contribution in [0.25, 0.3) is 0 Å². The van der Waals surface area contributed by atoms with E-state index < -0.39 is 6.04 Å². The van der Waals surface area contributed by atoms with Gasteiger partial charge in [0.25, 0.3) is 5.91 Å². The summed E-state index contributed by atoms with van der Waals surface area (Å²) in [4.78, 5) is 16.1. The van der Waals surface area contributed by atoms with Gasteiger partial charge in [-0.2, -0.15) is 0 Å². The number of rotatable bonds is 2. The Bertz CT molecular complexity index is 511. The molecule has 0 spiro atoms. The van der Waals surface area contributed by atoms with Gasteiger partial charge in [-0.3, -0.25) is 10.1 Å². The van der Waals surface area contributed by atoms with Crippen LogP contribution in [-0.2, 0) is 4.79 Å². The van der Waals surface area contributed by atoms with E-state index in [0.717, 1.165) is 5.56 Å². The predicted molar refractivity (Wildman–Crippen MR) is 67.7 cm³/mol. The zero-order chi connectivity index (χ0) is 13.3. The van der Waals surface area contributed by atoms with E-state index in [4.69, 9.17) is 0 Å². The van der Waals surface area contributed by atoms with E-state index in [2.05, 4.69) is 15.6 Å². The third-order valence-corrected chi connectivity index (χ3v) is 2.71. The van der Waals surface area contributed by atoms with Gasteiger partial charge in [0, 0.05) is 6.04 Å². The molecule has 0 aliphatic carbocycles. The second kappa shape index (κ2) is 4.76. The van der Waals surface area contributed by atoms with Gasteiger partial charge in [-0.25, -0.2) is 9.38 Å². The molecule has 0 aromatic heterocycles. The first-order valence-corrected chi connectivity index (χ1v) is 5.88. The van der Waals surface area contributed by atoms with Crippen LogP contribution in [0.5, 0.6) is 0 Å². The number of hydrogen-bond donors (Lipinski definition) is 2. The lowest BCUT2D eigenvalue weighted by atomic mass is 10.0. The number of hydrogen-bond acceptors (Lipinski definition) is 3. The number of benzene rings is 1. The summed E-state index contributed by atoms with van der Waals surface area (Å²) in [6.07, 6.45) is 0. The van der Waals surface area contributed by atoms with Crippen LogP contribution in [0.1, 0.15) is 31.0 Å². The summed E-state index contributed by atoms with van der Waals surface area (Å²) in [7, 11) is 0. The highest BCUT2D eigenvalue weighted by Crippen LogP contribution is 2.25. The van der Waals surface area contributed by atoms with Crippen LogP contribution in [0, 0.1) is 12.7 Å². The largest absolute Gasteiger partial charge is 0.354 e. The molecule has 1 heterocycles. The van der Waals surface area contributed by atoms with Crippen LogP contribution in [0.2, 0.25) is 0 Å². The van der Waals surface area contributed by atoms with Gasteiger partial charge in [0.2, 0.25) is 0 Å². The topological polar surface area (TPSA) is 53.5 Å². The molecule has 1 amide bonds. The molecular formula is C13H16FN3O. The van der Waals surface area contributed by atoms with Crippen molar-refractivity contribution in [3.63, 3.8) is 0 Å². The number of nitrogens with zero attached hydrogens (tertiary/aromatic N) is 1. The molecule has 1 aromatic carbocycles. The van der Waals surface area contributed by atoms with Crippen LogP contribution in [0.3, 0.4) is 0 Å². The van der Waals surface area contributed by atoms with Crippen LogP contribution in [0.15, 0.2) is 23.2 Å². The lowest BCUT2D eigenvalue weighted by molar-refractivity contribution is -0.120. The molecule has 96 valence electrons. The molecule has 0 saturated heterocycles. The van der Waals surface area contributed by atoms with Crippen molar-refractivity contribution in [3.8, 4) is 0 Å². The molecule has 5 heteroatoms. The average Bonchev–Trinajstić information content (AvgIpc) is 2.62. The third kappa shape index (κ3) is 2.50. The molecule has 0 radical (unpaired) electrons. The lowest BCUT2D eigenvalue weighted by Crippen LogP contribution is -2.40. The summed E-state index contributed by atoms with van der Waals surface area (Å²) in [5, 5.41) is 5.69. The average molecular weight is 249 g/mol. The standard InChI is InChI=1S/C13H16FN3O/c1-7(2)15-13-16-11(12(18)17-13)10-6-9(14)5-4-8(10)3/h4-7,11H,1-3H3,(H2,15,16,17,18). The van der Waals surface area contributed by atoms with Crippen molar-refractivity contribution >= 4 is 11.9 Å². The Hall–Kier alpha value is -1.91. The van der Waals surface area contributed by atoms with E-state index in [1.54, 1.807) is 6.07 Å².